The summed E-state index contributed by atoms with van der Waals surface area (Å²) >= 11 is 9.00. The molecular weight excluding hydrogens is 330 g/mol. The van der Waals surface area contributed by atoms with Crippen LogP contribution in [-0.2, 0) is 0 Å². The minimum absolute atomic E-state index is 0.0706. The minimum atomic E-state index is -0.0860. The number of halogens is 2. The maximum Gasteiger partial charge on any atom is 0.254 e. The molecule has 0 aliphatic rings. The predicted octanol–water partition coefficient (Wildman–Crippen LogP) is 4.02. The summed E-state index contributed by atoms with van der Waals surface area (Å²) in [7, 11) is 0. The molecule has 0 spiro atoms. The number of hydrogen-bond donors (Lipinski definition) is 1. The van der Waals surface area contributed by atoms with Crippen LogP contribution < -0.4 is 0 Å². The van der Waals surface area contributed by atoms with Crippen molar-refractivity contribution in [2.75, 3.05) is 12.4 Å². The molecule has 1 rings (SSSR count). The maximum atomic E-state index is 12.5. The largest absolute Gasteiger partial charge is 0.507 e. The lowest BCUT2D eigenvalue weighted by Gasteiger charge is -2.30. The summed E-state index contributed by atoms with van der Waals surface area (Å²) in [5, 5.41) is 9.67. The third kappa shape index (κ3) is 4.11. The SMILES string of the molecule is CCC(CC)N(CCCl)C(=O)c1ccc(Br)c(O)c1. The molecule has 106 valence electrons. The van der Waals surface area contributed by atoms with E-state index in [0.717, 1.165) is 12.8 Å². The number of benzene rings is 1. The zero-order chi connectivity index (χ0) is 14.4. The molecule has 0 aliphatic heterocycles. The first-order valence-corrected chi connectivity index (χ1v) is 7.73. The van der Waals surface area contributed by atoms with Gasteiger partial charge in [0.25, 0.3) is 5.91 Å². The molecular formula is C14H19BrClNO2. The summed E-state index contributed by atoms with van der Waals surface area (Å²) in [5.74, 6) is 0.392. The highest BCUT2D eigenvalue weighted by Gasteiger charge is 2.22. The number of aromatic hydroxyl groups is 1. The Morgan fingerprint density at radius 2 is 2.05 bits per heavy atom. The first-order chi connectivity index (χ1) is 9.04. The Labute approximate surface area is 127 Å². The van der Waals surface area contributed by atoms with E-state index in [4.69, 9.17) is 11.6 Å². The minimum Gasteiger partial charge on any atom is -0.507 e. The van der Waals surface area contributed by atoms with Gasteiger partial charge in [-0.3, -0.25) is 4.79 Å². The summed E-state index contributed by atoms with van der Waals surface area (Å²) in [6.07, 6.45) is 1.78. The molecule has 1 aromatic rings. The van der Waals surface area contributed by atoms with Crippen molar-refractivity contribution in [3.63, 3.8) is 0 Å². The number of alkyl halides is 1. The zero-order valence-corrected chi connectivity index (χ0v) is 13.5. The quantitative estimate of drug-likeness (QED) is 0.789. The van der Waals surface area contributed by atoms with E-state index in [1.165, 1.54) is 6.07 Å². The van der Waals surface area contributed by atoms with E-state index in [9.17, 15) is 9.90 Å². The highest BCUT2D eigenvalue weighted by Crippen LogP contribution is 2.25. The van der Waals surface area contributed by atoms with Crippen molar-refractivity contribution in [3.8, 4) is 5.75 Å². The van der Waals surface area contributed by atoms with Gasteiger partial charge >= 0.3 is 0 Å². The molecule has 19 heavy (non-hydrogen) atoms. The standard InChI is InChI=1S/C14H19BrClNO2/c1-3-11(4-2)17(8-7-16)14(19)10-5-6-12(15)13(18)9-10/h5-6,9,11,18H,3-4,7-8H2,1-2H3. The lowest BCUT2D eigenvalue weighted by molar-refractivity contribution is 0.0681. The lowest BCUT2D eigenvalue weighted by Crippen LogP contribution is -2.41. The van der Waals surface area contributed by atoms with Crippen LogP contribution in [0.2, 0.25) is 0 Å². The topological polar surface area (TPSA) is 40.5 Å². The fourth-order valence-electron chi connectivity index (χ4n) is 2.08. The molecule has 0 unspecified atom stereocenters. The molecule has 0 aliphatic carbocycles. The van der Waals surface area contributed by atoms with Gasteiger partial charge in [-0.05, 0) is 47.0 Å². The van der Waals surface area contributed by atoms with Gasteiger partial charge in [0.1, 0.15) is 5.75 Å². The maximum absolute atomic E-state index is 12.5. The summed E-state index contributed by atoms with van der Waals surface area (Å²) in [6, 6.07) is 5.04. The summed E-state index contributed by atoms with van der Waals surface area (Å²) < 4.78 is 0.579. The molecule has 5 heteroatoms. The van der Waals surface area contributed by atoms with E-state index in [-0.39, 0.29) is 17.7 Å². The van der Waals surface area contributed by atoms with Crippen molar-refractivity contribution in [3.05, 3.63) is 28.2 Å². The van der Waals surface area contributed by atoms with Crippen LogP contribution in [-0.4, -0.2) is 34.4 Å². The Balaban J connectivity index is 3.01. The van der Waals surface area contributed by atoms with E-state index >= 15 is 0 Å². The van der Waals surface area contributed by atoms with Gasteiger partial charge in [-0.2, -0.15) is 0 Å². The molecule has 0 radical (unpaired) electrons. The van der Waals surface area contributed by atoms with Gasteiger partial charge in [0.2, 0.25) is 0 Å². The van der Waals surface area contributed by atoms with Crippen LogP contribution in [0.1, 0.15) is 37.0 Å². The van der Waals surface area contributed by atoms with Gasteiger partial charge in [-0.1, -0.05) is 13.8 Å². The number of amides is 1. The average Bonchev–Trinajstić information content (AvgIpc) is 2.41. The number of phenolic OH excluding ortho intramolecular Hbond substituents is 1. The first kappa shape index (κ1) is 16.3. The van der Waals surface area contributed by atoms with Crippen LogP contribution in [0.3, 0.4) is 0 Å². The van der Waals surface area contributed by atoms with Crippen LogP contribution in [0.4, 0.5) is 0 Å². The molecule has 0 bridgehead atoms. The Hall–Kier alpha value is -0.740. The van der Waals surface area contributed by atoms with Crippen LogP contribution in [0.15, 0.2) is 22.7 Å². The Bertz CT molecular complexity index is 435. The van der Waals surface area contributed by atoms with E-state index in [2.05, 4.69) is 29.8 Å². The average molecular weight is 349 g/mol. The van der Waals surface area contributed by atoms with Crippen LogP contribution in [0, 0.1) is 0 Å². The monoisotopic (exact) mass is 347 g/mol. The van der Waals surface area contributed by atoms with Crippen molar-refractivity contribution in [2.45, 2.75) is 32.7 Å². The van der Waals surface area contributed by atoms with Crippen LogP contribution >= 0.6 is 27.5 Å². The van der Waals surface area contributed by atoms with Crippen LogP contribution in [0.25, 0.3) is 0 Å². The van der Waals surface area contributed by atoms with Crippen LogP contribution in [0.5, 0.6) is 5.75 Å². The Morgan fingerprint density at radius 1 is 1.42 bits per heavy atom. The fraction of sp³-hybridized carbons (Fsp3) is 0.500. The smallest absolute Gasteiger partial charge is 0.254 e. The second kappa shape index (κ2) is 7.75. The van der Waals surface area contributed by atoms with Gasteiger partial charge in [0.05, 0.1) is 4.47 Å². The molecule has 1 aromatic carbocycles. The van der Waals surface area contributed by atoms with Crippen molar-refractivity contribution >= 4 is 33.4 Å². The number of carbonyl (C=O) groups excluding carboxylic acids is 1. The summed E-state index contributed by atoms with van der Waals surface area (Å²) in [6.45, 7) is 4.63. The van der Waals surface area contributed by atoms with Gasteiger partial charge < -0.3 is 10.0 Å². The highest BCUT2D eigenvalue weighted by molar-refractivity contribution is 9.10. The van der Waals surface area contributed by atoms with Gasteiger partial charge in [0, 0.05) is 24.0 Å². The first-order valence-electron chi connectivity index (χ1n) is 6.40. The predicted molar refractivity (Wildman–Crippen MR) is 81.9 cm³/mol. The fourth-order valence-corrected chi connectivity index (χ4v) is 2.51. The number of rotatable bonds is 6. The molecule has 0 saturated heterocycles. The number of phenols is 1. The number of nitrogens with zero attached hydrogens (tertiary/aromatic N) is 1. The Morgan fingerprint density at radius 3 is 2.53 bits per heavy atom. The third-order valence-corrected chi connectivity index (χ3v) is 4.00. The second-order valence-corrected chi connectivity index (χ2v) is 5.56. The number of carbonyl (C=O) groups is 1. The normalized spacial score (nSPS) is 10.8. The van der Waals surface area contributed by atoms with E-state index < -0.39 is 0 Å². The van der Waals surface area contributed by atoms with Gasteiger partial charge in [0.15, 0.2) is 0 Å². The number of hydrogen-bond acceptors (Lipinski definition) is 2. The molecule has 3 nitrogen and oxygen atoms in total. The molecule has 0 aromatic heterocycles. The van der Waals surface area contributed by atoms with Crippen molar-refractivity contribution in [1.82, 2.24) is 4.90 Å². The van der Waals surface area contributed by atoms with Crippen molar-refractivity contribution < 1.29 is 9.90 Å². The summed E-state index contributed by atoms with van der Waals surface area (Å²) in [4.78, 5) is 14.3. The van der Waals surface area contributed by atoms with Crippen molar-refractivity contribution in [2.24, 2.45) is 0 Å². The molecule has 0 saturated carbocycles. The molecule has 0 heterocycles. The van der Waals surface area contributed by atoms with Gasteiger partial charge in [-0.15, -0.1) is 11.6 Å². The molecule has 0 fully saturated rings. The highest BCUT2D eigenvalue weighted by atomic mass is 79.9. The molecule has 1 N–H and O–H groups in total. The van der Waals surface area contributed by atoms with Crippen molar-refractivity contribution in [1.29, 1.82) is 0 Å². The zero-order valence-electron chi connectivity index (χ0n) is 11.2. The second-order valence-electron chi connectivity index (χ2n) is 4.32. The van der Waals surface area contributed by atoms with E-state index in [0.29, 0.717) is 22.5 Å². The molecule has 1 amide bonds. The van der Waals surface area contributed by atoms with E-state index in [1.54, 1.807) is 17.0 Å². The molecule has 0 atom stereocenters. The van der Waals surface area contributed by atoms with E-state index in [1.807, 2.05) is 0 Å². The Kier molecular flexibility index (Phi) is 6.66. The van der Waals surface area contributed by atoms with Gasteiger partial charge in [-0.25, -0.2) is 0 Å². The lowest BCUT2D eigenvalue weighted by atomic mass is 10.1. The summed E-state index contributed by atoms with van der Waals surface area (Å²) in [5.41, 5.74) is 0.484. The third-order valence-electron chi connectivity index (χ3n) is 3.16.